The second-order valence-corrected chi connectivity index (χ2v) is 9.37. The fourth-order valence-corrected chi connectivity index (χ4v) is 3.30. The molecule has 0 aliphatic heterocycles. The van der Waals surface area contributed by atoms with Gasteiger partial charge in [0.1, 0.15) is 0 Å². The van der Waals surface area contributed by atoms with Crippen molar-refractivity contribution >= 4 is 17.9 Å². The summed E-state index contributed by atoms with van der Waals surface area (Å²) < 4.78 is 0. The molecule has 0 heterocycles. The van der Waals surface area contributed by atoms with Gasteiger partial charge in [0.2, 0.25) is 0 Å². The van der Waals surface area contributed by atoms with E-state index in [9.17, 15) is 0 Å². The minimum absolute atomic E-state index is 0. The third kappa shape index (κ3) is 37.0. The number of rotatable bonds is 0. The molecule has 9 heteroatoms. The summed E-state index contributed by atoms with van der Waals surface area (Å²) in [6.45, 7) is 22.6. The molecule has 3 aliphatic carbocycles. The van der Waals surface area contributed by atoms with Crippen molar-refractivity contribution < 1.29 is 94.9 Å². The molecule has 0 fully saturated rings. The molecule has 0 radical (unpaired) electrons. The van der Waals surface area contributed by atoms with E-state index in [0.717, 1.165) is 20.8 Å². The van der Waals surface area contributed by atoms with Gasteiger partial charge in [-0.1, -0.05) is 68.4 Å². The molecule has 0 amide bonds. The Morgan fingerprint density at radius 1 is 0.462 bits per heavy atom. The molecule has 0 spiro atoms. The van der Waals surface area contributed by atoms with Gasteiger partial charge in [-0.05, 0) is 102 Å². The second-order valence-electron chi connectivity index (χ2n) is 9.37. The minimum atomic E-state index is -1.08. The maximum Gasteiger partial charge on any atom is 0.0383 e. The van der Waals surface area contributed by atoms with E-state index in [1.54, 1.807) is 0 Å². The van der Waals surface area contributed by atoms with Gasteiger partial charge >= 0.3 is 0 Å². The van der Waals surface area contributed by atoms with Gasteiger partial charge in [0.15, 0.2) is 0 Å². The number of hydrogen-bond donors (Lipinski definition) is 0. The standard InChI is InChI=1S/3C8H12.3C2H4O2.3Ti/c3*1-6-4-7(2)8(3)5-6;3*1-2(3)4;;;/h3*4H,5H2,1-3H3;3*1H3,(H,3,4);;;/p-3. The average Bonchev–Trinajstić information content (AvgIpc) is 3.23. The Labute approximate surface area is 281 Å². The normalized spacial score (nSPS) is 14.0. The van der Waals surface area contributed by atoms with Crippen LogP contribution in [-0.4, -0.2) is 17.9 Å². The molecule has 39 heavy (non-hydrogen) atoms. The summed E-state index contributed by atoms with van der Waals surface area (Å²) in [6.07, 6.45) is 10.4. The molecule has 0 bridgehead atoms. The van der Waals surface area contributed by atoms with Crippen LogP contribution < -0.4 is 15.3 Å². The molecule has 0 aromatic rings. The van der Waals surface area contributed by atoms with Crippen molar-refractivity contribution in [1.82, 2.24) is 0 Å². The first-order valence-electron chi connectivity index (χ1n) is 11.8. The molecule has 0 aromatic heterocycles. The van der Waals surface area contributed by atoms with E-state index in [1.807, 2.05) is 0 Å². The van der Waals surface area contributed by atoms with Crippen LogP contribution in [0.5, 0.6) is 0 Å². The fourth-order valence-electron chi connectivity index (χ4n) is 3.30. The third-order valence-corrected chi connectivity index (χ3v) is 5.04. The molecule has 0 unspecified atom stereocenters. The van der Waals surface area contributed by atoms with Gasteiger partial charge in [0.25, 0.3) is 0 Å². The molecule has 0 saturated carbocycles. The van der Waals surface area contributed by atoms with Crippen LogP contribution in [0.3, 0.4) is 0 Å². The van der Waals surface area contributed by atoms with Crippen molar-refractivity contribution in [3.63, 3.8) is 0 Å². The van der Waals surface area contributed by atoms with Crippen molar-refractivity contribution in [2.45, 2.75) is 102 Å². The second kappa shape index (κ2) is 28.5. The smallest absolute Gasteiger partial charge is 0.0383 e. The van der Waals surface area contributed by atoms with E-state index in [-0.39, 0.29) is 65.2 Å². The zero-order chi connectivity index (χ0) is 29.2. The number of carbonyl (C=O) groups is 3. The predicted octanol–water partition coefficient (Wildman–Crippen LogP) is 4.28. The van der Waals surface area contributed by atoms with Crippen molar-refractivity contribution in [2.24, 2.45) is 0 Å². The summed E-state index contributed by atoms with van der Waals surface area (Å²) in [4.78, 5) is 26.7. The van der Waals surface area contributed by atoms with Crippen LogP contribution in [0.1, 0.15) is 102 Å². The van der Waals surface area contributed by atoms with Gasteiger partial charge < -0.3 is 29.7 Å². The van der Waals surface area contributed by atoms with Gasteiger partial charge in [0.05, 0.1) is 0 Å². The minimum Gasteiger partial charge on any atom is -0.550 e. The first kappa shape index (κ1) is 50.8. The molecule has 0 aromatic carbocycles. The average molecular weight is 645 g/mol. The first-order chi connectivity index (χ1) is 16.3. The summed E-state index contributed by atoms with van der Waals surface area (Å²) in [5.74, 6) is -3.25. The van der Waals surface area contributed by atoms with Crippen LogP contribution in [0.2, 0.25) is 0 Å². The van der Waals surface area contributed by atoms with Gasteiger partial charge in [-0.25, -0.2) is 0 Å². The van der Waals surface area contributed by atoms with E-state index >= 15 is 0 Å². The summed E-state index contributed by atoms with van der Waals surface area (Å²) in [7, 11) is 0. The number of carboxylic acids is 3. The molecule has 0 N–H and O–H groups in total. The maximum absolute atomic E-state index is 8.89. The summed E-state index contributed by atoms with van der Waals surface area (Å²) in [5.41, 5.74) is 13.5. The molecular weight excluding hydrogens is 600 g/mol. The number of aliphatic carboxylic acids is 3. The van der Waals surface area contributed by atoms with Crippen LogP contribution >= 0.6 is 0 Å². The molecule has 6 nitrogen and oxygen atoms in total. The molecule has 3 rings (SSSR count). The largest absolute Gasteiger partial charge is 0.550 e. The van der Waals surface area contributed by atoms with E-state index in [1.165, 1.54) is 69.4 Å². The van der Waals surface area contributed by atoms with Crippen LogP contribution in [0.4, 0.5) is 0 Å². The fraction of sp³-hybridized carbons (Fsp3) is 0.500. The molecular formula is C30H45O6Ti3-3. The van der Waals surface area contributed by atoms with Gasteiger partial charge in [-0.15, -0.1) is 0 Å². The zero-order valence-corrected chi connectivity index (χ0v) is 30.5. The van der Waals surface area contributed by atoms with Crippen molar-refractivity contribution in [1.29, 1.82) is 0 Å². The van der Waals surface area contributed by atoms with Crippen LogP contribution in [0.25, 0.3) is 0 Å². The van der Waals surface area contributed by atoms with Crippen LogP contribution in [-0.2, 0) is 79.5 Å². The first-order valence-corrected chi connectivity index (χ1v) is 11.8. The molecule has 216 valence electrons. The Bertz CT molecular complexity index is 830. The Balaban J connectivity index is -0.0000000851. The van der Waals surface area contributed by atoms with Gasteiger partial charge in [-0.3, -0.25) is 0 Å². The number of hydrogen-bond acceptors (Lipinski definition) is 6. The molecule has 0 atom stereocenters. The van der Waals surface area contributed by atoms with Crippen LogP contribution in [0, 0.1) is 0 Å². The number of allylic oxidation sites excluding steroid dienone is 12. The Morgan fingerprint density at radius 2 is 0.590 bits per heavy atom. The summed E-state index contributed by atoms with van der Waals surface area (Å²) in [6, 6.07) is 0. The SMILES string of the molecule is CC(=O)[O-].CC(=O)[O-].CC(=O)[O-].CC1=CC(C)=C(C)C1.CC1=CC(C)=C(C)C1.CC1=CC(C)=C(C)C1.[Ti].[Ti].[Ti]. The van der Waals surface area contributed by atoms with Crippen LogP contribution in [0.15, 0.2) is 68.4 Å². The zero-order valence-electron chi connectivity index (χ0n) is 25.8. The monoisotopic (exact) mass is 645 g/mol. The topological polar surface area (TPSA) is 120 Å². The molecule has 3 aliphatic rings. The number of carboxylic acid groups (broad SMARTS) is 3. The van der Waals surface area contributed by atoms with E-state index in [0.29, 0.717) is 0 Å². The van der Waals surface area contributed by atoms with Crippen molar-refractivity contribution in [3.05, 3.63) is 68.4 Å². The quantitative estimate of drug-likeness (QED) is 0.363. The van der Waals surface area contributed by atoms with Crippen molar-refractivity contribution in [3.8, 4) is 0 Å². The Kier molecular flexibility index (Phi) is 37.1. The van der Waals surface area contributed by atoms with E-state index in [4.69, 9.17) is 29.7 Å². The summed E-state index contributed by atoms with van der Waals surface area (Å²) >= 11 is 0. The Morgan fingerprint density at radius 3 is 0.615 bits per heavy atom. The maximum atomic E-state index is 8.89. The Hall–Kier alpha value is -1.01. The molecule has 0 saturated heterocycles. The number of carbonyl (C=O) groups excluding carboxylic acids is 3. The third-order valence-electron chi connectivity index (χ3n) is 5.04. The van der Waals surface area contributed by atoms with Crippen molar-refractivity contribution in [2.75, 3.05) is 0 Å². The van der Waals surface area contributed by atoms with Gasteiger partial charge in [0, 0.05) is 83.1 Å². The predicted molar refractivity (Wildman–Crippen MR) is 142 cm³/mol. The van der Waals surface area contributed by atoms with E-state index in [2.05, 4.69) is 80.5 Å². The van der Waals surface area contributed by atoms with E-state index < -0.39 is 17.9 Å². The summed E-state index contributed by atoms with van der Waals surface area (Å²) in [5, 5.41) is 26.7. The van der Waals surface area contributed by atoms with Gasteiger partial charge in [-0.2, -0.15) is 0 Å².